The van der Waals surface area contributed by atoms with Gasteiger partial charge in [-0.2, -0.15) is 0 Å². The Balaban J connectivity index is 1.15. The molecule has 234 valence electrons. The molecule has 0 atom stereocenters. The molecule has 0 N–H and O–H groups in total. The Morgan fingerprint density at radius 2 is 0.960 bits per heavy atom. The van der Waals surface area contributed by atoms with Crippen molar-refractivity contribution in [2.75, 3.05) is 0 Å². The summed E-state index contributed by atoms with van der Waals surface area (Å²) in [4.78, 5) is 16.0. The quantitative estimate of drug-likeness (QED) is 0.185. The Bertz CT molecular complexity index is 2790. The minimum atomic E-state index is 0.649. The Labute approximate surface area is 292 Å². The minimum Gasteiger partial charge on any atom is -0.299 e. The maximum atomic E-state index is 4.97. The number of thiazole rings is 1. The van der Waals surface area contributed by atoms with Gasteiger partial charge in [-0.25, -0.2) is 15.0 Å². The van der Waals surface area contributed by atoms with Gasteiger partial charge in [0.2, 0.25) is 0 Å². The third kappa shape index (κ3) is 4.71. The molecule has 10 aromatic rings. The van der Waals surface area contributed by atoms with Gasteiger partial charge in [-0.3, -0.25) is 4.40 Å². The highest BCUT2D eigenvalue weighted by molar-refractivity contribution is 7.24. The van der Waals surface area contributed by atoms with E-state index in [1.54, 1.807) is 0 Å². The summed E-state index contributed by atoms with van der Waals surface area (Å²) in [6, 6.07) is 59.7. The first kappa shape index (κ1) is 28.6. The van der Waals surface area contributed by atoms with Gasteiger partial charge < -0.3 is 0 Å². The monoisotopic (exact) mass is 656 g/mol. The molecule has 0 saturated carbocycles. The minimum absolute atomic E-state index is 0.649. The zero-order valence-corrected chi connectivity index (χ0v) is 27.7. The lowest BCUT2D eigenvalue weighted by Crippen LogP contribution is -2.00. The molecule has 5 heteroatoms. The second-order valence-electron chi connectivity index (χ2n) is 12.5. The number of benzene rings is 7. The molecule has 0 aliphatic heterocycles. The van der Waals surface area contributed by atoms with Crippen LogP contribution in [0, 0.1) is 0 Å². The molecule has 0 fully saturated rings. The predicted octanol–water partition coefficient (Wildman–Crippen LogP) is 12.0. The van der Waals surface area contributed by atoms with Crippen LogP contribution in [0.2, 0.25) is 0 Å². The summed E-state index contributed by atoms with van der Waals surface area (Å²) in [7, 11) is 0. The summed E-state index contributed by atoms with van der Waals surface area (Å²) in [5, 5.41) is 3.74. The van der Waals surface area contributed by atoms with Crippen LogP contribution in [0.25, 0.3) is 93.1 Å². The molecule has 0 radical (unpaired) electrons. The van der Waals surface area contributed by atoms with E-state index in [0.29, 0.717) is 17.5 Å². The van der Waals surface area contributed by atoms with Crippen LogP contribution in [0.3, 0.4) is 0 Å². The van der Waals surface area contributed by atoms with Crippen molar-refractivity contribution in [2.45, 2.75) is 0 Å². The topological polar surface area (TPSA) is 43.1 Å². The van der Waals surface area contributed by atoms with Crippen molar-refractivity contribution < 1.29 is 0 Å². The van der Waals surface area contributed by atoms with E-state index in [2.05, 4.69) is 114 Å². The van der Waals surface area contributed by atoms with Crippen LogP contribution in [0.5, 0.6) is 0 Å². The van der Waals surface area contributed by atoms with Crippen LogP contribution in [0.15, 0.2) is 170 Å². The van der Waals surface area contributed by atoms with Crippen LogP contribution in [0.4, 0.5) is 0 Å². The number of rotatable bonds is 5. The maximum absolute atomic E-state index is 4.97. The molecule has 0 aliphatic carbocycles. The molecule has 4 nitrogen and oxygen atoms in total. The van der Waals surface area contributed by atoms with Gasteiger partial charge in [0.1, 0.15) is 4.83 Å². The van der Waals surface area contributed by atoms with Crippen molar-refractivity contribution in [3.8, 4) is 56.4 Å². The molecule has 0 amide bonds. The third-order valence-electron chi connectivity index (χ3n) is 9.47. The van der Waals surface area contributed by atoms with Crippen molar-refractivity contribution >= 4 is 48.1 Å². The van der Waals surface area contributed by atoms with Gasteiger partial charge in [0.05, 0.1) is 15.7 Å². The van der Waals surface area contributed by atoms with E-state index in [0.717, 1.165) is 22.3 Å². The van der Waals surface area contributed by atoms with Crippen molar-refractivity contribution in [1.29, 1.82) is 0 Å². The van der Waals surface area contributed by atoms with Gasteiger partial charge in [-0.05, 0) is 51.7 Å². The van der Waals surface area contributed by atoms with Crippen LogP contribution >= 0.6 is 11.3 Å². The summed E-state index contributed by atoms with van der Waals surface area (Å²) in [5.41, 5.74) is 10.1. The fourth-order valence-corrected chi connectivity index (χ4v) is 8.32. The molecule has 0 unspecified atom stereocenters. The van der Waals surface area contributed by atoms with E-state index in [1.165, 1.54) is 53.4 Å². The third-order valence-corrected chi connectivity index (χ3v) is 10.6. The van der Waals surface area contributed by atoms with Gasteiger partial charge in [-0.1, -0.05) is 146 Å². The summed E-state index contributed by atoms with van der Waals surface area (Å²) >= 11 is 1.84. The Morgan fingerprint density at radius 1 is 0.400 bits per heavy atom. The van der Waals surface area contributed by atoms with E-state index in [9.17, 15) is 0 Å². The average Bonchev–Trinajstić information content (AvgIpc) is 3.72. The summed E-state index contributed by atoms with van der Waals surface area (Å²) < 4.78 is 3.70. The lowest BCUT2D eigenvalue weighted by atomic mass is 9.95. The molecule has 3 heterocycles. The first-order valence-corrected chi connectivity index (χ1v) is 17.5. The number of para-hydroxylation sites is 1. The van der Waals surface area contributed by atoms with Crippen molar-refractivity contribution in [2.24, 2.45) is 0 Å². The summed E-state index contributed by atoms with van der Waals surface area (Å²) in [5.74, 6) is 1.96. The van der Waals surface area contributed by atoms with Crippen LogP contribution in [0.1, 0.15) is 0 Å². The normalized spacial score (nSPS) is 11.6. The summed E-state index contributed by atoms with van der Waals surface area (Å²) in [6.07, 6.45) is 0. The molecule has 10 rings (SSSR count). The molecule has 0 spiro atoms. The fraction of sp³-hybridized carbons (Fsp3) is 0. The second kappa shape index (κ2) is 11.6. The van der Waals surface area contributed by atoms with Crippen molar-refractivity contribution in [3.63, 3.8) is 0 Å². The van der Waals surface area contributed by atoms with E-state index < -0.39 is 0 Å². The number of fused-ring (bicyclic) bond motifs is 6. The van der Waals surface area contributed by atoms with E-state index in [4.69, 9.17) is 15.0 Å². The van der Waals surface area contributed by atoms with Gasteiger partial charge in [0.25, 0.3) is 0 Å². The lowest BCUT2D eigenvalue weighted by Gasteiger charge is -2.10. The molecule has 0 aliphatic rings. The van der Waals surface area contributed by atoms with E-state index in [1.807, 2.05) is 72.0 Å². The average molecular weight is 657 g/mol. The molecule has 3 aromatic heterocycles. The van der Waals surface area contributed by atoms with E-state index in [-0.39, 0.29) is 0 Å². The standard InChI is InChI=1S/C45H28N4S/c1-3-13-31(14-4-1)42-46-43(32-15-5-2-6-16-32)48-44(47-42)33-24-22-30(23-25-33)41-37-28-34(36-19-11-17-29-12-7-8-18-35(29)36)26-27-38(37)49-39-20-9-10-21-40(39)50-45(41)49/h1-28H. The van der Waals surface area contributed by atoms with E-state index >= 15 is 0 Å². The highest BCUT2D eigenvalue weighted by atomic mass is 32.1. The van der Waals surface area contributed by atoms with Crippen LogP contribution < -0.4 is 0 Å². The van der Waals surface area contributed by atoms with Crippen molar-refractivity contribution in [1.82, 2.24) is 19.4 Å². The second-order valence-corrected chi connectivity index (χ2v) is 13.5. The number of hydrogen-bond donors (Lipinski definition) is 0. The highest BCUT2D eigenvalue weighted by Gasteiger charge is 2.20. The maximum Gasteiger partial charge on any atom is 0.164 e. The zero-order chi connectivity index (χ0) is 33.0. The Hall–Kier alpha value is -6.43. The smallest absolute Gasteiger partial charge is 0.164 e. The van der Waals surface area contributed by atoms with Gasteiger partial charge >= 0.3 is 0 Å². The Morgan fingerprint density at radius 3 is 1.68 bits per heavy atom. The largest absolute Gasteiger partial charge is 0.299 e. The van der Waals surface area contributed by atoms with Crippen LogP contribution in [-0.2, 0) is 0 Å². The molecule has 50 heavy (non-hydrogen) atoms. The molecule has 0 bridgehead atoms. The van der Waals surface area contributed by atoms with Gasteiger partial charge in [0, 0.05) is 27.6 Å². The SMILES string of the molecule is c1ccc(-c2nc(-c3ccccc3)nc(-c3ccc(-c4c5cc(-c6cccc7ccccc67)ccc5n5c4sc4ccccc45)cc3)n2)cc1. The molecule has 0 saturated heterocycles. The van der Waals surface area contributed by atoms with Gasteiger partial charge in [-0.15, -0.1) is 11.3 Å². The van der Waals surface area contributed by atoms with Crippen molar-refractivity contribution in [3.05, 3.63) is 170 Å². The predicted molar refractivity (Wildman–Crippen MR) is 208 cm³/mol. The lowest BCUT2D eigenvalue weighted by molar-refractivity contribution is 1.07. The zero-order valence-electron chi connectivity index (χ0n) is 26.9. The molecular weight excluding hydrogens is 629 g/mol. The summed E-state index contributed by atoms with van der Waals surface area (Å²) in [6.45, 7) is 0. The first-order valence-electron chi connectivity index (χ1n) is 16.7. The Kier molecular flexibility index (Phi) is 6.64. The fourth-order valence-electron chi connectivity index (χ4n) is 7.08. The highest BCUT2D eigenvalue weighted by Crippen LogP contribution is 2.44. The number of hydrogen-bond acceptors (Lipinski definition) is 4. The van der Waals surface area contributed by atoms with Crippen LogP contribution in [-0.4, -0.2) is 19.4 Å². The van der Waals surface area contributed by atoms with Gasteiger partial charge in [0.15, 0.2) is 17.5 Å². The first-order chi connectivity index (χ1) is 24.8. The molecular formula is C45H28N4S. The molecule has 7 aromatic carbocycles. The number of nitrogens with zero attached hydrogens (tertiary/aromatic N) is 4. The number of aromatic nitrogens is 4.